The Balaban J connectivity index is 1.06. The molecule has 12 aromatic rings. The van der Waals surface area contributed by atoms with Gasteiger partial charge in [-0.15, -0.1) is 0 Å². The highest BCUT2D eigenvalue weighted by molar-refractivity contribution is 6.11. The monoisotopic (exact) mass is 866 g/mol. The molecule has 68 heavy (non-hydrogen) atoms. The fourth-order valence-corrected chi connectivity index (χ4v) is 10.7. The van der Waals surface area contributed by atoms with E-state index in [0.29, 0.717) is 17.5 Å². The Bertz CT molecular complexity index is 3740. The number of benzene rings is 10. The predicted molar refractivity (Wildman–Crippen MR) is 279 cm³/mol. The van der Waals surface area contributed by atoms with Gasteiger partial charge in [0.05, 0.1) is 16.4 Å². The molecule has 1 aliphatic carbocycles. The largest absolute Gasteiger partial charge is 0.309 e. The average Bonchev–Trinajstić information content (AvgIpc) is 3.92. The van der Waals surface area contributed by atoms with E-state index < -0.39 is 5.41 Å². The van der Waals surface area contributed by atoms with Gasteiger partial charge < -0.3 is 4.57 Å². The Morgan fingerprint density at radius 2 is 0.765 bits per heavy atom. The van der Waals surface area contributed by atoms with Crippen LogP contribution >= 0.6 is 0 Å². The Hall–Kier alpha value is -8.99. The van der Waals surface area contributed by atoms with Crippen LogP contribution in [-0.2, 0) is 5.41 Å². The van der Waals surface area contributed by atoms with E-state index in [1.807, 2.05) is 36.4 Å². The Morgan fingerprint density at radius 1 is 0.279 bits per heavy atom. The molecule has 4 nitrogen and oxygen atoms in total. The first-order valence-corrected chi connectivity index (χ1v) is 23.2. The Kier molecular flexibility index (Phi) is 9.36. The SMILES string of the molecule is c1ccc(-c2cccc(-c3cccc(-n4c5ccc(-c6nc(-c7ccccc7)nc(-c7ccccc7)n6)cc5c5ccc(C6(c7ccccc7)c7ccccc7-c7ccccc76)cc54)c3)c2)cc1. The quantitative estimate of drug-likeness (QED) is 0.153. The third kappa shape index (κ3) is 6.41. The maximum atomic E-state index is 5.15. The van der Waals surface area contributed by atoms with Crippen molar-refractivity contribution >= 4 is 21.8 Å². The standard InChI is InChI=1S/C64H42N4/c1-5-19-43(20-6-1)46-25-17-26-47(39-46)48-27-18-30-52(40-48)68-59-38-35-49(63-66-61(44-21-7-2-8-22-44)65-62(67-63)45-23-9-3-10-24-45)41-56(59)55-37-36-51(42-60(55)68)64(50-28-11-4-12-29-50)57-33-15-13-31-53(57)54-32-14-16-34-58(54)64/h1-42H. The Labute approximate surface area is 395 Å². The second-order valence-electron chi connectivity index (χ2n) is 17.5. The molecule has 2 aromatic heterocycles. The molecule has 0 atom stereocenters. The van der Waals surface area contributed by atoms with Gasteiger partial charge >= 0.3 is 0 Å². The molecule has 318 valence electrons. The highest BCUT2D eigenvalue weighted by Gasteiger charge is 2.46. The molecule has 0 N–H and O–H groups in total. The van der Waals surface area contributed by atoms with Gasteiger partial charge in [-0.2, -0.15) is 0 Å². The van der Waals surface area contributed by atoms with Crippen molar-refractivity contribution in [2.45, 2.75) is 5.41 Å². The first-order chi connectivity index (χ1) is 33.7. The van der Waals surface area contributed by atoms with E-state index in [0.717, 1.165) is 55.3 Å². The van der Waals surface area contributed by atoms with Gasteiger partial charge in [0.2, 0.25) is 0 Å². The zero-order chi connectivity index (χ0) is 45.0. The number of rotatable bonds is 8. The molecule has 10 aromatic carbocycles. The van der Waals surface area contributed by atoms with Crippen LogP contribution in [0.25, 0.3) is 95.0 Å². The van der Waals surface area contributed by atoms with Gasteiger partial charge in [-0.05, 0) is 98.1 Å². The van der Waals surface area contributed by atoms with E-state index >= 15 is 0 Å². The van der Waals surface area contributed by atoms with Gasteiger partial charge in [-0.3, -0.25) is 0 Å². The van der Waals surface area contributed by atoms with Crippen LogP contribution in [0.15, 0.2) is 255 Å². The lowest BCUT2D eigenvalue weighted by Crippen LogP contribution is -2.28. The fraction of sp³-hybridized carbons (Fsp3) is 0.0156. The zero-order valence-corrected chi connectivity index (χ0v) is 37.0. The Morgan fingerprint density at radius 3 is 1.38 bits per heavy atom. The summed E-state index contributed by atoms with van der Waals surface area (Å²) in [6.07, 6.45) is 0. The van der Waals surface area contributed by atoms with Gasteiger partial charge in [0, 0.05) is 33.2 Å². The minimum Gasteiger partial charge on any atom is -0.309 e. The second kappa shape index (κ2) is 16.2. The number of nitrogens with zero attached hydrogens (tertiary/aromatic N) is 4. The lowest BCUT2D eigenvalue weighted by atomic mass is 9.67. The van der Waals surface area contributed by atoms with Crippen molar-refractivity contribution in [3.63, 3.8) is 0 Å². The highest BCUT2D eigenvalue weighted by Crippen LogP contribution is 2.56. The molecular formula is C64H42N4. The minimum absolute atomic E-state index is 0.554. The van der Waals surface area contributed by atoms with Crippen molar-refractivity contribution in [2.75, 3.05) is 0 Å². The van der Waals surface area contributed by atoms with Crippen LogP contribution in [0.4, 0.5) is 0 Å². The third-order valence-electron chi connectivity index (χ3n) is 13.7. The first kappa shape index (κ1) is 39.4. The van der Waals surface area contributed by atoms with Gasteiger partial charge in [0.1, 0.15) is 0 Å². The molecular weight excluding hydrogens is 825 g/mol. The summed E-state index contributed by atoms with van der Waals surface area (Å²) in [5.74, 6) is 1.90. The molecule has 13 rings (SSSR count). The van der Waals surface area contributed by atoms with Crippen molar-refractivity contribution in [1.82, 2.24) is 19.5 Å². The van der Waals surface area contributed by atoms with Gasteiger partial charge in [-0.1, -0.05) is 212 Å². The number of aromatic nitrogens is 4. The van der Waals surface area contributed by atoms with Gasteiger partial charge in [0.15, 0.2) is 17.5 Å². The van der Waals surface area contributed by atoms with Crippen molar-refractivity contribution in [3.8, 4) is 73.2 Å². The molecule has 0 spiro atoms. The molecule has 0 saturated heterocycles. The summed E-state index contributed by atoms with van der Waals surface area (Å²) in [6.45, 7) is 0. The molecule has 4 heteroatoms. The smallest absolute Gasteiger partial charge is 0.164 e. The van der Waals surface area contributed by atoms with Crippen LogP contribution in [0.3, 0.4) is 0 Å². The summed E-state index contributed by atoms with van der Waals surface area (Å²) in [6, 6.07) is 91.6. The van der Waals surface area contributed by atoms with Crippen LogP contribution in [0.5, 0.6) is 0 Å². The number of fused-ring (bicyclic) bond motifs is 6. The van der Waals surface area contributed by atoms with Gasteiger partial charge in [0.25, 0.3) is 0 Å². The summed E-state index contributed by atoms with van der Waals surface area (Å²) < 4.78 is 2.45. The summed E-state index contributed by atoms with van der Waals surface area (Å²) in [5, 5.41) is 2.26. The highest BCUT2D eigenvalue weighted by atomic mass is 15.0. The predicted octanol–water partition coefficient (Wildman–Crippen LogP) is 15.7. The van der Waals surface area contributed by atoms with Crippen molar-refractivity contribution < 1.29 is 0 Å². The topological polar surface area (TPSA) is 43.6 Å². The molecule has 0 saturated carbocycles. The molecule has 1 aliphatic rings. The lowest BCUT2D eigenvalue weighted by Gasteiger charge is -2.34. The van der Waals surface area contributed by atoms with Crippen LogP contribution in [0.1, 0.15) is 22.3 Å². The van der Waals surface area contributed by atoms with E-state index in [4.69, 9.17) is 15.0 Å². The van der Waals surface area contributed by atoms with E-state index in [-0.39, 0.29) is 0 Å². The minimum atomic E-state index is -0.554. The molecule has 0 fully saturated rings. The molecule has 0 radical (unpaired) electrons. The maximum absolute atomic E-state index is 5.15. The van der Waals surface area contributed by atoms with Crippen LogP contribution < -0.4 is 0 Å². The first-order valence-electron chi connectivity index (χ1n) is 23.2. The van der Waals surface area contributed by atoms with Crippen molar-refractivity contribution in [1.29, 1.82) is 0 Å². The van der Waals surface area contributed by atoms with Crippen LogP contribution in [0.2, 0.25) is 0 Å². The van der Waals surface area contributed by atoms with E-state index in [9.17, 15) is 0 Å². The summed E-state index contributed by atoms with van der Waals surface area (Å²) in [5.41, 5.74) is 17.8. The van der Waals surface area contributed by atoms with Crippen LogP contribution in [-0.4, -0.2) is 19.5 Å². The summed E-state index contributed by atoms with van der Waals surface area (Å²) >= 11 is 0. The van der Waals surface area contributed by atoms with E-state index in [1.165, 1.54) is 44.5 Å². The fourth-order valence-electron chi connectivity index (χ4n) is 10.7. The molecule has 2 heterocycles. The van der Waals surface area contributed by atoms with Gasteiger partial charge in [-0.25, -0.2) is 15.0 Å². The summed E-state index contributed by atoms with van der Waals surface area (Å²) in [4.78, 5) is 15.3. The third-order valence-corrected chi connectivity index (χ3v) is 13.7. The normalized spacial score (nSPS) is 12.5. The van der Waals surface area contributed by atoms with Crippen molar-refractivity contribution in [3.05, 3.63) is 277 Å². The zero-order valence-electron chi connectivity index (χ0n) is 37.0. The second-order valence-corrected chi connectivity index (χ2v) is 17.5. The average molecular weight is 867 g/mol. The molecule has 0 bridgehead atoms. The number of hydrogen-bond acceptors (Lipinski definition) is 3. The molecule has 0 aliphatic heterocycles. The van der Waals surface area contributed by atoms with Crippen LogP contribution in [0, 0.1) is 0 Å². The van der Waals surface area contributed by atoms with E-state index in [2.05, 4.69) is 223 Å². The number of hydrogen-bond donors (Lipinski definition) is 0. The molecule has 0 unspecified atom stereocenters. The van der Waals surface area contributed by atoms with E-state index in [1.54, 1.807) is 0 Å². The summed E-state index contributed by atoms with van der Waals surface area (Å²) in [7, 11) is 0. The maximum Gasteiger partial charge on any atom is 0.164 e. The lowest BCUT2D eigenvalue weighted by molar-refractivity contribution is 0.769. The van der Waals surface area contributed by atoms with Crippen molar-refractivity contribution in [2.24, 2.45) is 0 Å². The molecule has 0 amide bonds.